The van der Waals surface area contributed by atoms with Gasteiger partial charge in [0, 0.05) is 23.1 Å². The van der Waals surface area contributed by atoms with Crippen LogP contribution in [0.1, 0.15) is 23.1 Å². The van der Waals surface area contributed by atoms with E-state index in [1.807, 2.05) is 24.3 Å². The minimum absolute atomic E-state index is 0.611. The van der Waals surface area contributed by atoms with Gasteiger partial charge in [-0.3, -0.25) is 0 Å². The summed E-state index contributed by atoms with van der Waals surface area (Å²) in [5.74, 6) is 1.44. The zero-order valence-corrected chi connectivity index (χ0v) is 23.1. The highest BCUT2D eigenvalue weighted by Gasteiger charge is 2.21. The number of hydrogen-bond donors (Lipinski definition) is 0. The smallest absolute Gasteiger partial charge is 0.221 e. The van der Waals surface area contributed by atoms with Crippen molar-refractivity contribution in [3.8, 4) is 17.2 Å². The molecule has 198 valence electrons. The highest BCUT2D eigenvalue weighted by Crippen LogP contribution is 2.41. The summed E-state index contributed by atoms with van der Waals surface area (Å²) in [5.41, 5.74) is 7.62. The van der Waals surface area contributed by atoms with Gasteiger partial charge in [-0.15, -0.1) is 0 Å². The van der Waals surface area contributed by atoms with Gasteiger partial charge >= 0.3 is 0 Å². The predicted octanol–water partition coefficient (Wildman–Crippen LogP) is 8.57. The Balaban J connectivity index is 1.68. The van der Waals surface area contributed by atoms with E-state index in [9.17, 15) is 0 Å². The number of rotatable bonds is 8. The second-order valence-corrected chi connectivity index (χ2v) is 10.2. The van der Waals surface area contributed by atoms with E-state index in [4.69, 9.17) is 14.1 Å². The number of benzene rings is 4. The van der Waals surface area contributed by atoms with Crippen LogP contribution in [0.4, 0.5) is 0 Å². The van der Waals surface area contributed by atoms with Crippen molar-refractivity contribution < 1.29 is 9.15 Å². The SMILES string of the molecule is COc1nc2ccc(-c3ccco3)cc2cc1/C(=C(/CCN(C)C)c1cccc2ccccc12)c1ccccc1. The summed E-state index contributed by atoms with van der Waals surface area (Å²) in [6, 6.07) is 38.1. The van der Waals surface area contributed by atoms with Crippen LogP contribution in [0.15, 0.2) is 120 Å². The molecule has 0 radical (unpaired) electrons. The maximum absolute atomic E-state index is 5.98. The minimum Gasteiger partial charge on any atom is -0.481 e. The average molecular weight is 525 g/mol. The Bertz CT molecular complexity index is 1800. The Morgan fingerprint density at radius 1 is 0.775 bits per heavy atom. The second-order valence-electron chi connectivity index (χ2n) is 10.2. The van der Waals surface area contributed by atoms with Gasteiger partial charge in [0.05, 0.1) is 18.9 Å². The molecule has 2 heterocycles. The van der Waals surface area contributed by atoms with Crippen molar-refractivity contribution in [3.05, 3.63) is 132 Å². The van der Waals surface area contributed by atoms with Gasteiger partial charge in [-0.1, -0.05) is 72.8 Å². The molecule has 0 amide bonds. The normalized spacial score (nSPS) is 12.2. The lowest BCUT2D eigenvalue weighted by molar-refractivity contribution is 0.398. The number of pyridine rings is 1. The van der Waals surface area contributed by atoms with Crippen molar-refractivity contribution in [3.63, 3.8) is 0 Å². The number of hydrogen-bond acceptors (Lipinski definition) is 4. The van der Waals surface area contributed by atoms with E-state index in [1.54, 1.807) is 13.4 Å². The summed E-state index contributed by atoms with van der Waals surface area (Å²) in [4.78, 5) is 7.23. The van der Waals surface area contributed by atoms with E-state index < -0.39 is 0 Å². The molecule has 0 aliphatic carbocycles. The van der Waals surface area contributed by atoms with E-state index in [0.29, 0.717) is 5.88 Å². The first-order chi connectivity index (χ1) is 19.6. The molecule has 4 aromatic carbocycles. The summed E-state index contributed by atoms with van der Waals surface area (Å²) in [7, 11) is 5.95. The molecule has 4 nitrogen and oxygen atoms in total. The van der Waals surface area contributed by atoms with E-state index in [-0.39, 0.29) is 0 Å². The molecule has 2 aromatic heterocycles. The van der Waals surface area contributed by atoms with E-state index in [0.717, 1.165) is 51.9 Å². The maximum Gasteiger partial charge on any atom is 0.221 e. The van der Waals surface area contributed by atoms with Crippen LogP contribution >= 0.6 is 0 Å². The molecule has 0 saturated carbocycles. The molecule has 0 aliphatic heterocycles. The quantitative estimate of drug-likeness (QED) is 0.187. The zero-order valence-electron chi connectivity index (χ0n) is 23.1. The zero-order chi connectivity index (χ0) is 27.5. The molecule has 0 bridgehead atoms. The third-order valence-corrected chi connectivity index (χ3v) is 7.34. The van der Waals surface area contributed by atoms with Gasteiger partial charge in [-0.2, -0.15) is 0 Å². The topological polar surface area (TPSA) is 38.5 Å². The number of fused-ring (bicyclic) bond motifs is 2. The summed E-state index contributed by atoms with van der Waals surface area (Å²) < 4.78 is 11.7. The van der Waals surface area contributed by atoms with Gasteiger partial charge < -0.3 is 14.1 Å². The maximum atomic E-state index is 5.98. The molecular formula is C36H32N2O2. The van der Waals surface area contributed by atoms with Crippen LogP contribution in [0.3, 0.4) is 0 Å². The van der Waals surface area contributed by atoms with E-state index >= 15 is 0 Å². The van der Waals surface area contributed by atoms with Crippen molar-refractivity contribution in [1.29, 1.82) is 0 Å². The minimum atomic E-state index is 0.611. The monoisotopic (exact) mass is 524 g/mol. The van der Waals surface area contributed by atoms with Gasteiger partial charge in [-0.25, -0.2) is 4.98 Å². The standard InChI is InChI=1S/C36H32N2O2/c1-38(2)21-20-31(30-16-9-14-25-11-7-8-15-29(25)30)35(26-12-5-4-6-13-26)32-24-28-23-27(34-17-10-22-40-34)18-19-33(28)37-36(32)39-3/h4-19,22-24H,20-21H2,1-3H3/b35-31-. The first kappa shape index (κ1) is 25.6. The Labute approximate surface area is 235 Å². The summed E-state index contributed by atoms with van der Waals surface area (Å²) >= 11 is 0. The molecule has 6 rings (SSSR count). The number of ether oxygens (including phenoxy) is 1. The van der Waals surface area contributed by atoms with Gasteiger partial charge in [-0.05, 0) is 90.0 Å². The van der Waals surface area contributed by atoms with Crippen LogP contribution in [0, 0.1) is 0 Å². The fourth-order valence-corrected chi connectivity index (χ4v) is 5.41. The fraction of sp³-hybridized carbons (Fsp3) is 0.139. The lowest BCUT2D eigenvalue weighted by atomic mass is 9.85. The first-order valence-corrected chi connectivity index (χ1v) is 13.6. The molecule has 0 saturated heterocycles. The van der Waals surface area contributed by atoms with Gasteiger partial charge in [0.15, 0.2) is 0 Å². The molecule has 0 spiro atoms. The van der Waals surface area contributed by atoms with E-state index in [1.165, 1.54) is 21.9 Å². The Hall–Kier alpha value is -4.67. The van der Waals surface area contributed by atoms with Crippen molar-refractivity contribution in [2.24, 2.45) is 0 Å². The predicted molar refractivity (Wildman–Crippen MR) is 165 cm³/mol. The van der Waals surface area contributed by atoms with E-state index in [2.05, 4.69) is 104 Å². The van der Waals surface area contributed by atoms with Crippen LogP contribution in [0.5, 0.6) is 5.88 Å². The van der Waals surface area contributed by atoms with Crippen LogP contribution in [0.25, 0.3) is 44.1 Å². The highest BCUT2D eigenvalue weighted by molar-refractivity contribution is 6.07. The highest BCUT2D eigenvalue weighted by atomic mass is 16.5. The van der Waals surface area contributed by atoms with Gasteiger partial charge in [0.25, 0.3) is 0 Å². The van der Waals surface area contributed by atoms with Crippen molar-refractivity contribution >= 4 is 32.8 Å². The summed E-state index contributed by atoms with van der Waals surface area (Å²) in [6.45, 7) is 0.904. The molecule has 0 unspecified atom stereocenters. The van der Waals surface area contributed by atoms with Crippen molar-refractivity contribution in [1.82, 2.24) is 9.88 Å². The van der Waals surface area contributed by atoms with Crippen molar-refractivity contribution in [2.45, 2.75) is 6.42 Å². The fourth-order valence-electron chi connectivity index (χ4n) is 5.41. The largest absolute Gasteiger partial charge is 0.481 e. The number of furan rings is 1. The molecule has 6 aromatic rings. The Morgan fingerprint density at radius 3 is 2.35 bits per heavy atom. The van der Waals surface area contributed by atoms with Gasteiger partial charge in [0.2, 0.25) is 5.88 Å². The molecule has 0 fully saturated rings. The lowest BCUT2D eigenvalue weighted by Crippen LogP contribution is -2.14. The van der Waals surface area contributed by atoms with Crippen LogP contribution in [-0.4, -0.2) is 37.6 Å². The molecule has 4 heteroatoms. The molecule has 0 atom stereocenters. The Kier molecular flexibility index (Phi) is 7.17. The number of methoxy groups -OCH3 is 1. The summed E-state index contributed by atoms with van der Waals surface area (Å²) in [5, 5.41) is 3.49. The molecule has 0 aliphatic rings. The first-order valence-electron chi connectivity index (χ1n) is 13.6. The number of nitrogens with zero attached hydrogens (tertiary/aromatic N) is 2. The van der Waals surface area contributed by atoms with Crippen molar-refractivity contribution in [2.75, 3.05) is 27.7 Å². The Morgan fingerprint density at radius 2 is 1.57 bits per heavy atom. The van der Waals surface area contributed by atoms with Gasteiger partial charge in [0.1, 0.15) is 5.76 Å². The third-order valence-electron chi connectivity index (χ3n) is 7.34. The lowest BCUT2D eigenvalue weighted by Gasteiger charge is -2.22. The molecule has 0 N–H and O–H groups in total. The van der Waals surface area contributed by atoms with Crippen LogP contribution in [-0.2, 0) is 0 Å². The second kappa shape index (κ2) is 11.2. The summed E-state index contributed by atoms with van der Waals surface area (Å²) in [6.07, 6.45) is 2.56. The van der Waals surface area contributed by atoms with Crippen LogP contribution in [0.2, 0.25) is 0 Å². The molecular weight excluding hydrogens is 492 g/mol. The van der Waals surface area contributed by atoms with Crippen LogP contribution < -0.4 is 4.74 Å². The third kappa shape index (κ3) is 5.02. The molecule has 40 heavy (non-hydrogen) atoms. The number of aromatic nitrogens is 1. The average Bonchev–Trinajstić information content (AvgIpc) is 3.54.